The van der Waals surface area contributed by atoms with Gasteiger partial charge in [-0.1, -0.05) is 12.1 Å². The van der Waals surface area contributed by atoms with E-state index in [0.717, 1.165) is 31.1 Å². The zero-order chi connectivity index (χ0) is 20.5. The van der Waals surface area contributed by atoms with Crippen molar-refractivity contribution in [1.29, 1.82) is 5.41 Å². The minimum absolute atomic E-state index is 0.117. The summed E-state index contributed by atoms with van der Waals surface area (Å²) in [5, 5.41) is 7.13. The number of hydrogen-bond donors (Lipinski definition) is 4. The molecule has 0 saturated heterocycles. The standard InChI is InChI=1S/C20H23FN8/c21-12-5-2-1-4-11(12)20-28-15-9-26-14(19(25)27-10-22)8-17(15)29(20)16-7-3-6-13(23)18(16)24/h1-2,4-5,8-10,13,16,18H,3,6-7,23-24H2,(H3,22,25,27). The van der Waals surface area contributed by atoms with Crippen LogP contribution in [0.15, 0.2) is 41.5 Å². The molecule has 1 aliphatic carbocycles. The fourth-order valence-electron chi connectivity index (χ4n) is 3.98. The number of aliphatic imine (C=N–C) groups is 1. The van der Waals surface area contributed by atoms with Gasteiger partial charge < -0.3 is 21.8 Å². The molecule has 150 valence electrons. The average molecular weight is 394 g/mol. The number of rotatable bonds is 4. The van der Waals surface area contributed by atoms with Gasteiger partial charge in [0.05, 0.1) is 23.3 Å². The Morgan fingerprint density at radius 3 is 2.83 bits per heavy atom. The lowest BCUT2D eigenvalue weighted by Gasteiger charge is -2.35. The Balaban J connectivity index is 1.98. The minimum Gasteiger partial charge on any atom is -0.382 e. The molecule has 0 spiro atoms. The van der Waals surface area contributed by atoms with Crippen LogP contribution in [0.25, 0.3) is 22.4 Å². The molecule has 8 nitrogen and oxygen atoms in total. The van der Waals surface area contributed by atoms with Crippen LogP contribution in [0, 0.1) is 11.2 Å². The molecular formula is C20H23FN8. The predicted molar refractivity (Wildman–Crippen MR) is 111 cm³/mol. The van der Waals surface area contributed by atoms with Gasteiger partial charge in [-0.2, -0.15) is 0 Å². The van der Waals surface area contributed by atoms with Gasteiger partial charge in [0.2, 0.25) is 0 Å². The van der Waals surface area contributed by atoms with E-state index in [9.17, 15) is 4.39 Å². The lowest BCUT2D eigenvalue weighted by molar-refractivity contribution is 0.280. The minimum atomic E-state index is -0.365. The van der Waals surface area contributed by atoms with Crippen LogP contribution in [-0.4, -0.2) is 38.8 Å². The first-order valence-corrected chi connectivity index (χ1v) is 9.48. The van der Waals surface area contributed by atoms with Crippen molar-refractivity contribution in [3.05, 3.63) is 48.0 Å². The first-order valence-electron chi connectivity index (χ1n) is 9.48. The summed E-state index contributed by atoms with van der Waals surface area (Å²) in [6, 6.07) is 7.68. The molecule has 2 aromatic heterocycles. The lowest BCUT2D eigenvalue weighted by atomic mass is 9.86. The van der Waals surface area contributed by atoms with Gasteiger partial charge in [0.25, 0.3) is 0 Å². The molecule has 3 atom stereocenters. The maximum atomic E-state index is 14.6. The first-order chi connectivity index (χ1) is 14.0. The van der Waals surface area contributed by atoms with E-state index in [1.165, 1.54) is 6.07 Å². The average Bonchev–Trinajstić information content (AvgIpc) is 3.09. The van der Waals surface area contributed by atoms with Gasteiger partial charge >= 0.3 is 0 Å². The van der Waals surface area contributed by atoms with E-state index in [1.807, 2.05) is 4.57 Å². The van der Waals surface area contributed by atoms with E-state index in [-0.39, 0.29) is 29.8 Å². The van der Waals surface area contributed by atoms with Gasteiger partial charge in [-0.3, -0.25) is 10.4 Å². The lowest BCUT2D eigenvalue weighted by Crippen LogP contribution is -2.49. The SMILES string of the molecule is N=CN=C(N)c1cc2c(cn1)nc(-c1ccccc1F)n2C1CCCC(N)C1N. The molecule has 4 rings (SSSR count). The summed E-state index contributed by atoms with van der Waals surface area (Å²) in [7, 11) is 0. The summed E-state index contributed by atoms with van der Waals surface area (Å²) in [6.07, 6.45) is 5.02. The second kappa shape index (κ2) is 7.69. The molecule has 29 heavy (non-hydrogen) atoms. The number of amidine groups is 1. The van der Waals surface area contributed by atoms with Gasteiger partial charge in [-0.05, 0) is 37.5 Å². The third kappa shape index (κ3) is 3.39. The highest BCUT2D eigenvalue weighted by Crippen LogP contribution is 2.36. The Morgan fingerprint density at radius 1 is 1.28 bits per heavy atom. The van der Waals surface area contributed by atoms with Crippen LogP contribution in [0.1, 0.15) is 31.0 Å². The van der Waals surface area contributed by atoms with Crippen LogP contribution in [0.2, 0.25) is 0 Å². The second-order valence-corrected chi connectivity index (χ2v) is 7.23. The maximum Gasteiger partial charge on any atom is 0.151 e. The van der Waals surface area contributed by atoms with Gasteiger partial charge in [-0.25, -0.2) is 14.4 Å². The predicted octanol–water partition coefficient (Wildman–Crippen LogP) is 1.93. The fourth-order valence-corrected chi connectivity index (χ4v) is 3.98. The topological polar surface area (TPSA) is 145 Å². The number of nitrogens with one attached hydrogen (secondary N) is 1. The maximum absolute atomic E-state index is 14.6. The zero-order valence-corrected chi connectivity index (χ0v) is 15.8. The van der Waals surface area contributed by atoms with Gasteiger partial charge in [0.15, 0.2) is 5.84 Å². The number of fused-ring (bicyclic) bond motifs is 1. The monoisotopic (exact) mass is 394 g/mol. The molecule has 0 bridgehead atoms. The third-order valence-corrected chi connectivity index (χ3v) is 5.46. The molecule has 1 saturated carbocycles. The fraction of sp³-hybridized carbons (Fsp3) is 0.300. The summed E-state index contributed by atoms with van der Waals surface area (Å²) in [6.45, 7) is 0. The van der Waals surface area contributed by atoms with Crippen molar-refractivity contribution >= 4 is 23.2 Å². The Labute approximate surface area is 167 Å². The third-order valence-electron chi connectivity index (χ3n) is 5.46. The van der Waals surface area contributed by atoms with Crippen LogP contribution >= 0.6 is 0 Å². The number of halogens is 1. The van der Waals surface area contributed by atoms with E-state index >= 15 is 0 Å². The van der Waals surface area contributed by atoms with Gasteiger partial charge in [0, 0.05) is 12.1 Å². The van der Waals surface area contributed by atoms with E-state index in [1.54, 1.807) is 30.5 Å². The molecule has 7 N–H and O–H groups in total. The molecular weight excluding hydrogens is 371 g/mol. The van der Waals surface area contributed by atoms with Crippen molar-refractivity contribution in [3.63, 3.8) is 0 Å². The molecule has 1 fully saturated rings. The molecule has 0 amide bonds. The van der Waals surface area contributed by atoms with Crippen molar-refractivity contribution in [2.24, 2.45) is 22.2 Å². The molecule has 1 aromatic carbocycles. The number of imidazole rings is 1. The van der Waals surface area contributed by atoms with Crippen molar-refractivity contribution in [2.45, 2.75) is 37.4 Å². The first kappa shape index (κ1) is 19.2. The van der Waals surface area contributed by atoms with Crippen molar-refractivity contribution < 1.29 is 4.39 Å². The molecule has 0 radical (unpaired) electrons. The summed E-state index contributed by atoms with van der Waals surface area (Å²) >= 11 is 0. The second-order valence-electron chi connectivity index (χ2n) is 7.23. The Morgan fingerprint density at radius 2 is 2.07 bits per heavy atom. The molecule has 1 aliphatic rings. The number of benzene rings is 1. The normalized spacial score (nSPS) is 22.7. The van der Waals surface area contributed by atoms with Gasteiger partial charge in [0.1, 0.15) is 29.2 Å². The van der Waals surface area contributed by atoms with E-state index in [0.29, 0.717) is 22.6 Å². The van der Waals surface area contributed by atoms with Crippen molar-refractivity contribution in [1.82, 2.24) is 14.5 Å². The van der Waals surface area contributed by atoms with Gasteiger partial charge in [-0.15, -0.1) is 0 Å². The number of hydrogen-bond acceptors (Lipinski definition) is 5. The van der Waals surface area contributed by atoms with E-state index < -0.39 is 0 Å². The van der Waals surface area contributed by atoms with E-state index in [2.05, 4.69) is 15.0 Å². The highest BCUT2D eigenvalue weighted by Gasteiger charge is 2.33. The summed E-state index contributed by atoms with van der Waals surface area (Å²) in [4.78, 5) is 12.7. The summed E-state index contributed by atoms with van der Waals surface area (Å²) < 4.78 is 16.6. The van der Waals surface area contributed by atoms with Crippen LogP contribution in [0.3, 0.4) is 0 Å². The highest BCUT2D eigenvalue weighted by atomic mass is 19.1. The Bertz CT molecular complexity index is 1090. The van der Waals surface area contributed by atoms with Crippen LogP contribution in [0.5, 0.6) is 0 Å². The molecule has 2 heterocycles. The zero-order valence-electron chi connectivity index (χ0n) is 15.8. The number of aromatic nitrogens is 3. The number of nitrogens with zero attached hydrogens (tertiary/aromatic N) is 4. The quantitative estimate of drug-likeness (QED) is 0.395. The van der Waals surface area contributed by atoms with E-state index in [4.69, 9.17) is 22.6 Å². The smallest absolute Gasteiger partial charge is 0.151 e. The number of pyridine rings is 1. The van der Waals surface area contributed by atoms with Crippen molar-refractivity contribution in [2.75, 3.05) is 0 Å². The van der Waals surface area contributed by atoms with Crippen LogP contribution in [0.4, 0.5) is 4.39 Å². The van der Waals surface area contributed by atoms with Crippen molar-refractivity contribution in [3.8, 4) is 11.4 Å². The highest BCUT2D eigenvalue weighted by molar-refractivity contribution is 6.01. The molecule has 3 unspecified atom stereocenters. The summed E-state index contributed by atoms with van der Waals surface area (Å²) in [5.74, 6) is 0.233. The largest absolute Gasteiger partial charge is 0.382 e. The Kier molecular flexibility index (Phi) is 5.08. The molecule has 3 aromatic rings. The van der Waals surface area contributed by atoms with Crippen LogP contribution < -0.4 is 17.2 Å². The summed E-state index contributed by atoms with van der Waals surface area (Å²) in [5.41, 5.74) is 20.8. The molecule has 0 aliphatic heterocycles. The Hall–Kier alpha value is -3.17. The van der Waals surface area contributed by atoms with Crippen LogP contribution in [-0.2, 0) is 0 Å². The molecule has 9 heteroatoms. The number of nitrogens with two attached hydrogens (primary N) is 3.